The molecule has 2 aromatic rings. The van der Waals surface area contributed by atoms with Crippen LogP contribution in [0.2, 0.25) is 0 Å². The molecule has 0 atom stereocenters. The number of carbonyl (C=O) groups excluding carboxylic acids is 2. The van der Waals surface area contributed by atoms with E-state index in [1.54, 1.807) is 37.4 Å². The Balaban J connectivity index is 1.88. The van der Waals surface area contributed by atoms with Crippen LogP contribution in [0.5, 0.6) is 0 Å². The fourth-order valence-electron chi connectivity index (χ4n) is 2.40. The van der Waals surface area contributed by atoms with Gasteiger partial charge in [-0.25, -0.2) is 9.18 Å². The number of hydrogen-bond donors (Lipinski definition) is 2. The van der Waals surface area contributed by atoms with E-state index in [9.17, 15) is 14.0 Å². The first-order valence-corrected chi connectivity index (χ1v) is 8.01. The van der Waals surface area contributed by atoms with Gasteiger partial charge >= 0.3 is 6.03 Å². The number of nitrogens with zero attached hydrogens (tertiary/aromatic N) is 1. The van der Waals surface area contributed by atoms with Crippen LogP contribution in [0.4, 0.5) is 20.6 Å². The highest BCUT2D eigenvalue weighted by Crippen LogP contribution is 2.18. The lowest BCUT2D eigenvalue weighted by atomic mass is 10.1. The minimum atomic E-state index is -0.331. The van der Waals surface area contributed by atoms with Crippen LogP contribution in [-0.2, 0) is 11.2 Å². The van der Waals surface area contributed by atoms with E-state index in [-0.39, 0.29) is 17.8 Å². The fraction of sp³-hybridized carbons (Fsp3) is 0.263. The van der Waals surface area contributed by atoms with Gasteiger partial charge in [0.25, 0.3) is 0 Å². The number of urea groups is 1. The Hall–Kier alpha value is -2.89. The average Bonchev–Trinajstić information content (AvgIpc) is 2.56. The van der Waals surface area contributed by atoms with Crippen LogP contribution < -0.4 is 15.5 Å². The summed E-state index contributed by atoms with van der Waals surface area (Å²) in [4.78, 5) is 24.9. The Morgan fingerprint density at radius 1 is 1.16 bits per heavy atom. The molecule has 25 heavy (non-hydrogen) atoms. The highest BCUT2D eigenvalue weighted by molar-refractivity contribution is 5.93. The monoisotopic (exact) mass is 343 g/mol. The fourth-order valence-corrected chi connectivity index (χ4v) is 2.40. The van der Waals surface area contributed by atoms with Crippen LogP contribution in [0.3, 0.4) is 0 Å². The first-order chi connectivity index (χ1) is 11.9. The maximum Gasteiger partial charge on any atom is 0.319 e. The number of aryl methyl sites for hydroxylation is 1. The summed E-state index contributed by atoms with van der Waals surface area (Å²) in [6, 6.07) is 11.3. The highest BCUT2D eigenvalue weighted by atomic mass is 19.1. The van der Waals surface area contributed by atoms with Gasteiger partial charge in [0.2, 0.25) is 5.91 Å². The second-order valence-electron chi connectivity index (χ2n) is 5.83. The smallest absolute Gasteiger partial charge is 0.319 e. The van der Waals surface area contributed by atoms with Crippen LogP contribution in [0.25, 0.3) is 0 Å². The van der Waals surface area contributed by atoms with Crippen LogP contribution >= 0.6 is 0 Å². The molecule has 0 heterocycles. The van der Waals surface area contributed by atoms with Gasteiger partial charge < -0.3 is 15.5 Å². The predicted octanol–water partition coefficient (Wildman–Crippen LogP) is 3.48. The Bertz CT molecular complexity index is 777. The molecule has 0 spiro atoms. The summed E-state index contributed by atoms with van der Waals surface area (Å²) >= 11 is 0. The van der Waals surface area contributed by atoms with Gasteiger partial charge in [0.05, 0.1) is 0 Å². The van der Waals surface area contributed by atoms with Crippen molar-refractivity contribution in [3.8, 4) is 0 Å². The Kier molecular flexibility index (Phi) is 6.11. The zero-order valence-corrected chi connectivity index (χ0v) is 14.6. The van der Waals surface area contributed by atoms with Crippen molar-refractivity contribution in [1.82, 2.24) is 5.32 Å². The van der Waals surface area contributed by atoms with E-state index in [1.807, 2.05) is 6.92 Å². The molecule has 0 aliphatic carbocycles. The number of rotatable bonds is 5. The molecule has 0 saturated heterocycles. The second kappa shape index (κ2) is 8.28. The van der Waals surface area contributed by atoms with Crippen LogP contribution in [0.15, 0.2) is 42.5 Å². The average molecular weight is 343 g/mol. The summed E-state index contributed by atoms with van der Waals surface area (Å²) in [6.45, 7) is 3.76. The van der Waals surface area contributed by atoms with E-state index < -0.39 is 0 Å². The van der Waals surface area contributed by atoms with Gasteiger partial charge in [-0.1, -0.05) is 12.1 Å². The van der Waals surface area contributed by atoms with E-state index in [0.29, 0.717) is 24.3 Å². The molecule has 2 aromatic carbocycles. The first-order valence-electron chi connectivity index (χ1n) is 8.01. The van der Waals surface area contributed by atoms with Gasteiger partial charge in [0.1, 0.15) is 5.82 Å². The van der Waals surface area contributed by atoms with Crippen molar-refractivity contribution in [3.05, 3.63) is 59.4 Å². The maximum atomic E-state index is 13.1. The van der Waals surface area contributed by atoms with E-state index in [2.05, 4.69) is 10.6 Å². The van der Waals surface area contributed by atoms with E-state index in [0.717, 1.165) is 11.1 Å². The molecule has 0 saturated carbocycles. The molecule has 0 aliphatic heterocycles. The van der Waals surface area contributed by atoms with Crippen molar-refractivity contribution in [3.63, 3.8) is 0 Å². The van der Waals surface area contributed by atoms with Crippen molar-refractivity contribution in [2.45, 2.75) is 20.3 Å². The van der Waals surface area contributed by atoms with Crippen LogP contribution in [-0.4, -0.2) is 25.5 Å². The second-order valence-corrected chi connectivity index (χ2v) is 5.83. The number of benzene rings is 2. The molecule has 0 fully saturated rings. The summed E-state index contributed by atoms with van der Waals surface area (Å²) in [6.07, 6.45) is 0.618. The lowest BCUT2D eigenvalue weighted by Crippen LogP contribution is -2.30. The lowest BCUT2D eigenvalue weighted by molar-refractivity contribution is -0.116. The molecular formula is C19H22FN3O2. The van der Waals surface area contributed by atoms with Gasteiger partial charge in [-0.15, -0.1) is 0 Å². The number of amides is 3. The largest absolute Gasteiger partial charge is 0.338 e. The van der Waals surface area contributed by atoms with Gasteiger partial charge in [0, 0.05) is 31.9 Å². The summed E-state index contributed by atoms with van der Waals surface area (Å²) in [5.74, 6) is -0.348. The highest BCUT2D eigenvalue weighted by Gasteiger charge is 2.08. The molecule has 0 aliphatic rings. The van der Waals surface area contributed by atoms with Gasteiger partial charge in [-0.2, -0.15) is 0 Å². The van der Waals surface area contributed by atoms with Gasteiger partial charge in [-0.05, 0) is 54.8 Å². The summed E-state index contributed by atoms with van der Waals surface area (Å²) in [7, 11) is 1.67. The SMILES string of the molecule is CC(=O)N(C)c1cccc(NC(=O)NCCc2ccc(F)cc2C)c1. The Morgan fingerprint density at radius 2 is 1.92 bits per heavy atom. The molecule has 0 aromatic heterocycles. The number of anilines is 2. The van der Waals surface area contributed by atoms with Crippen molar-refractivity contribution in [2.75, 3.05) is 23.8 Å². The molecule has 3 amide bonds. The molecule has 2 rings (SSSR count). The zero-order valence-electron chi connectivity index (χ0n) is 14.6. The number of hydrogen-bond acceptors (Lipinski definition) is 2. The number of carbonyl (C=O) groups is 2. The van der Waals surface area contributed by atoms with Crippen LogP contribution in [0, 0.1) is 12.7 Å². The number of halogens is 1. The molecule has 0 bridgehead atoms. The standard InChI is InChI=1S/C19H22FN3O2/c1-13-11-16(20)8-7-15(13)9-10-21-19(25)22-17-5-4-6-18(12-17)23(3)14(2)24/h4-8,11-12H,9-10H2,1-3H3,(H2,21,22,25). The molecular weight excluding hydrogens is 321 g/mol. The van der Waals surface area contributed by atoms with Crippen molar-refractivity contribution in [2.24, 2.45) is 0 Å². The minimum Gasteiger partial charge on any atom is -0.338 e. The summed E-state index contributed by atoms with van der Waals surface area (Å²) in [5.41, 5.74) is 3.15. The van der Waals surface area contributed by atoms with Crippen LogP contribution in [0.1, 0.15) is 18.1 Å². The summed E-state index contributed by atoms with van der Waals surface area (Å²) in [5, 5.41) is 5.51. The van der Waals surface area contributed by atoms with E-state index >= 15 is 0 Å². The molecule has 5 nitrogen and oxygen atoms in total. The third kappa shape index (κ3) is 5.31. The van der Waals surface area contributed by atoms with Crippen molar-refractivity contribution in [1.29, 1.82) is 0 Å². The lowest BCUT2D eigenvalue weighted by Gasteiger charge is -2.16. The molecule has 132 valence electrons. The normalized spacial score (nSPS) is 10.2. The Labute approximate surface area is 146 Å². The number of nitrogens with one attached hydrogen (secondary N) is 2. The molecule has 6 heteroatoms. The topological polar surface area (TPSA) is 61.4 Å². The molecule has 2 N–H and O–H groups in total. The third-order valence-electron chi connectivity index (χ3n) is 3.95. The van der Waals surface area contributed by atoms with Gasteiger partial charge in [-0.3, -0.25) is 4.79 Å². The van der Waals surface area contributed by atoms with Gasteiger partial charge in [0.15, 0.2) is 0 Å². The molecule has 0 radical (unpaired) electrons. The Morgan fingerprint density at radius 3 is 2.60 bits per heavy atom. The van der Waals surface area contributed by atoms with E-state index in [1.165, 1.54) is 24.0 Å². The quantitative estimate of drug-likeness (QED) is 0.873. The third-order valence-corrected chi connectivity index (χ3v) is 3.95. The zero-order chi connectivity index (χ0) is 18.4. The molecule has 0 unspecified atom stereocenters. The summed E-state index contributed by atoms with van der Waals surface area (Å²) < 4.78 is 13.1. The first kappa shape index (κ1) is 18.4. The maximum absolute atomic E-state index is 13.1. The van der Waals surface area contributed by atoms with Crippen molar-refractivity contribution >= 4 is 23.3 Å². The minimum absolute atomic E-state index is 0.0868. The van der Waals surface area contributed by atoms with E-state index in [4.69, 9.17) is 0 Å². The van der Waals surface area contributed by atoms with Crippen molar-refractivity contribution < 1.29 is 14.0 Å². The predicted molar refractivity (Wildman–Crippen MR) is 97.4 cm³/mol.